The minimum atomic E-state index is 0.0226. The number of aromatic amines is 1. The molecular weight excluding hydrogens is 323 g/mol. The molecule has 2 aromatic rings. The van der Waals surface area contributed by atoms with Gasteiger partial charge >= 0.3 is 0 Å². The van der Waals surface area contributed by atoms with Gasteiger partial charge in [-0.25, -0.2) is 0 Å². The van der Waals surface area contributed by atoms with E-state index >= 15 is 0 Å². The van der Waals surface area contributed by atoms with Crippen LogP contribution < -0.4 is 0 Å². The summed E-state index contributed by atoms with van der Waals surface area (Å²) in [5.41, 5.74) is 3.13. The second kappa shape index (κ2) is 6.11. The Bertz CT molecular complexity index is 726. The third-order valence-electron chi connectivity index (χ3n) is 4.33. The maximum Gasteiger partial charge on any atom is 0.249 e. The molecule has 2 heterocycles. The summed E-state index contributed by atoms with van der Waals surface area (Å²) < 4.78 is 5.00. The van der Waals surface area contributed by atoms with Gasteiger partial charge in [-0.2, -0.15) is 0 Å². The van der Waals surface area contributed by atoms with E-state index in [4.69, 9.17) is 27.9 Å². The fourth-order valence-corrected chi connectivity index (χ4v) is 3.55. The molecule has 1 aliphatic heterocycles. The molecule has 1 aromatic heterocycles. The van der Waals surface area contributed by atoms with Crippen LogP contribution in [0.4, 0.5) is 0 Å². The highest BCUT2D eigenvalue weighted by Gasteiger charge is 2.31. The van der Waals surface area contributed by atoms with Gasteiger partial charge in [0.1, 0.15) is 6.61 Å². The van der Waals surface area contributed by atoms with Crippen LogP contribution in [0.3, 0.4) is 0 Å². The van der Waals surface area contributed by atoms with Crippen LogP contribution >= 0.6 is 23.2 Å². The van der Waals surface area contributed by atoms with Crippen LogP contribution in [0.5, 0.6) is 0 Å². The van der Waals surface area contributed by atoms with Crippen molar-refractivity contribution in [3.63, 3.8) is 0 Å². The van der Waals surface area contributed by atoms with Crippen molar-refractivity contribution in [3.05, 3.63) is 33.4 Å². The zero-order valence-corrected chi connectivity index (χ0v) is 14.1. The quantitative estimate of drug-likeness (QED) is 0.923. The van der Waals surface area contributed by atoms with Gasteiger partial charge in [0.2, 0.25) is 5.91 Å². The first-order chi connectivity index (χ1) is 10.6. The standard InChI is InChI=1S/C16H18Cl2N2O2/c1-3-9-6-13-11(7-20(9)14(21)8-22-2)10-4-5-12(17)15(18)16(10)19-13/h4-5,9,19H,3,6-8H2,1-2H3/t9-/m0/s1. The van der Waals surface area contributed by atoms with E-state index in [2.05, 4.69) is 11.9 Å². The number of aromatic nitrogens is 1. The summed E-state index contributed by atoms with van der Waals surface area (Å²) in [5, 5.41) is 2.11. The fourth-order valence-electron chi connectivity index (χ4n) is 3.18. The molecule has 0 saturated carbocycles. The van der Waals surface area contributed by atoms with E-state index in [0.29, 0.717) is 16.6 Å². The Morgan fingerprint density at radius 3 is 2.91 bits per heavy atom. The Hall–Kier alpha value is -1.23. The number of hydrogen-bond donors (Lipinski definition) is 1. The fraction of sp³-hybridized carbons (Fsp3) is 0.438. The van der Waals surface area contributed by atoms with Gasteiger partial charge in [0.05, 0.1) is 15.6 Å². The van der Waals surface area contributed by atoms with E-state index in [0.717, 1.165) is 35.0 Å². The second-order valence-electron chi connectivity index (χ2n) is 5.59. The zero-order valence-electron chi connectivity index (χ0n) is 12.6. The summed E-state index contributed by atoms with van der Waals surface area (Å²) in [6, 6.07) is 3.94. The van der Waals surface area contributed by atoms with Crippen molar-refractivity contribution >= 4 is 40.0 Å². The van der Waals surface area contributed by atoms with Crippen LogP contribution in [-0.2, 0) is 22.5 Å². The molecule has 1 atom stereocenters. The number of hydrogen-bond acceptors (Lipinski definition) is 2. The van der Waals surface area contributed by atoms with E-state index < -0.39 is 0 Å². The van der Waals surface area contributed by atoms with Crippen LogP contribution in [0.15, 0.2) is 12.1 Å². The molecule has 22 heavy (non-hydrogen) atoms. The average molecular weight is 341 g/mol. The van der Waals surface area contributed by atoms with Gasteiger partial charge in [-0.05, 0) is 12.5 Å². The second-order valence-corrected chi connectivity index (χ2v) is 6.37. The molecule has 6 heteroatoms. The normalized spacial score (nSPS) is 17.8. The van der Waals surface area contributed by atoms with Crippen molar-refractivity contribution in [2.24, 2.45) is 0 Å². The highest BCUT2D eigenvalue weighted by Crippen LogP contribution is 2.37. The van der Waals surface area contributed by atoms with Crippen LogP contribution in [0.25, 0.3) is 10.9 Å². The molecular formula is C16H18Cl2N2O2. The molecule has 0 bridgehead atoms. The lowest BCUT2D eigenvalue weighted by Gasteiger charge is -2.35. The number of nitrogens with one attached hydrogen (secondary N) is 1. The molecule has 118 valence electrons. The summed E-state index contributed by atoms with van der Waals surface area (Å²) in [5.74, 6) is 0.0226. The highest BCUT2D eigenvalue weighted by molar-refractivity contribution is 6.45. The van der Waals surface area contributed by atoms with Gasteiger partial charge in [-0.15, -0.1) is 0 Å². The molecule has 3 rings (SSSR count). The van der Waals surface area contributed by atoms with Crippen LogP contribution in [0.2, 0.25) is 10.0 Å². The van der Waals surface area contributed by atoms with E-state index in [9.17, 15) is 4.79 Å². The number of methoxy groups -OCH3 is 1. The van der Waals surface area contributed by atoms with Gasteiger partial charge in [-0.1, -0.05) is 36.2 Å². The molecule has 0 unspecified atom stereocenters. The molecule has 4 nitrogen and oxygen atoms in total. The molecule has 1 aromatic carbocycles. The summed E-state index contributed by atoms with van der Waals surface area (Å²) in [7, 11) is 1.54. The zero-order chi connectivity index (χ0) is 15.9. The van der Waals surface area contributed by atoms with Gasteiger partial charge in [0, 0.05) is 42.8 Å². The topological polar surface area (TPSA) is 45.3 Å². The summed E-state index contributed by atoms with van der Waals surface area (Å²) >= 11 is 12.4. The summed E-state index contributed by atoms with van der Waals surface area (Å²) in [6.45, 7) is 2.78. The predicted molar refractivity (Wildman–Crippen MR) is 88.5 cm³/mol. The van der Waals surface area contributed by atoms with E-state index in [1.165, 1.54) is 0 Å². The number of amides is 1. The van der Waals surface area contributed by atoms with Crippen molar-refractivity contribution in [2.45, 2.75) is 32.4 Å². The van der Waals surface area contributed by atoms with Crippen molar-refractivity contribution in [1.82, 2.24) is 9.88 Å². The third-order valence-corrected chi connectivity index (χ3v) is 5.13. The number of fused-ring (bicyclic) bond motifs is 3. The number of H-pyrrole nitrogens is 1. The maximum atomic E-state index is 12.3. The highest BCUT2D eigenvalue weighted by atomic mass is 35.5. The van der Waals surface area contributed by atoms with Gasteiger partial charge < -0.3 is 14.6 Å². The Morgan fingerprint density at radius 2 is 2.23 bits per heavy atom. The number of carbonyl (C=O) groups is 1. The molecule has 0 saturated heterocycles. The van der Waals surface area contributed by atoms with E-state index in [-0.39, 0.29) is 18.6 Å². The number of halogens is 2. The Labute approximate surface area is 139 Å². The monoisotopic (exact) mass is 340 g/mol. The Kier molecular flexibility index (Phi) is 4.35. The van der Waals surface area contributed by atoms with Crippen LogP contribution in [-0.4, -0.2) is 35.5 Å². The minimum Gasteiger partial charge on any atom is -0.375 e. The number of nitrogens with zero attached hydrogens (tertiary/aromatic N) is 1. The average Bonchev–Trinajstić information content (AvgIpc) is 2.88. The number of benzene rings is 1. The molecule has 1 aliphatic rings. The first-order valence-electron chi connectivity index (χ1n) is 7.32. The lowest BCUT2D eigenvalue weighted by molar-refractivity contribution is -0.138. The summed E-state index contributed by atoms with van der Waals surface area (Å²) in [4.78, 5) is 17.6. The number of carbonyl (C=O) groups excluding carboxylic acids is 1. The van der Waals surface area contributed by atoms with Crippen LogP contribution in [0.1, 0.15) is 24.6 Å². The molecule has 0 spiro atoms. The Morgan fingerprint density at radius 1 is 1.45 bits per heavy atom. The van der Waals surface area contributed by atoms with Gasteiger partial charge in [-0.3, -0.25) is 4.79 Å². The van der Waals surface area contributed by atoms with E-state index in [1.54, 1.807) is 13.2 Å². The molecule has 0 aliphatic carbocycles. The number of ether oxygens (including phenoxy) is 1. The largest absolute Gasteiger partial charge is 0.375 e. The molecule has 0 fully saturated rings. The SMILES string of the molecule is CC[C@H]1Cc2[nH]c3c(Cl)c(Cl)ccc3c2CN1C(=O)COC. The summed E-state index contributed by atoms with van der Waals surface area (Å²) in [6.07, 6.45) is 1.70. The Balaban J connectivity index is 2.06. The van der Waals surface area contributed by atoms with Gasteiger partial charge in [0.25, 0.3) is 0 Å². The van der Waals surface area contributed by atoms with Crippen LogP contribution in [0, 0.1) is 0 Å². The maximum absolute atomic E-state index is 12.3. The van der Waals surface area contributed by atoms with Crippen molar-refractivity contribution in [3.8, 4) is 0 Å². The van der Waals surface area contributed by atoms with Crippen molar-refractivity contribution in [2.75, 3.05) is 13.7 Å². The lowest BCUT2D eigenvalue weighted by atomic mass is 9.96. The number of rotatable bonds is 3. The van der Waals surface area contributed by atoms with Crippen molar-refractivity contribution in [1.29, 1.82) is 0 Å². The van der Waals surface area contributed by atoms with Gasteiger partial charge in [0.15, 0.2) is 0 Å². The molecule has 1 N–H and O–H groups in total. The molecule has 1 amide bonds. The lowest BCUT2D eigenvalue weighted by Crippen LogP contribution is -2.45. The van der Waals surface area contributed by atoms with Crippen molar-refractivity contribution < 1.29 is 9.53 Å². The van der Waals surface area contributed by atoms with E-state index in [1.807, 2.05) is 11.0 Å². The predicted octanol–water partition coefficient (Wildman–Crippen LogP) is 3.78. The third kappa shape index (κ3) is 2.49. The first kappa shape index (κ1) is 15.7. The first-order valence-corrected chi connectivity index (χ1v) is 8.08. The smallest absolute Gasteiger partial charge is 0.249 e. The minimum absolute atomic E-state index is 0.0226. The molecule has 0 radical (unpaired) electrons.